The van der Waals surface area contributed by atoms with Gasteiger partial charge < -0.3 is 0 Å². The van der Waals surface area contributed by atoms with E-state index < -0.39 is 0 Å². The molecule has 0 radical (unpaired) electrons. The normalized spacial score (nSPS) is 15.9. The van der Waals surface area contributed by atoms with Crippen molar-refractivity contribution in [2.75, 3.05) is 0 Å². The third-order valence-electron chi connectivity index (χ3n) is 3.33. The van der Waals surface area contributed by atoms with Gasteiger partial charge in [-0.1, -0.05) is 47.6 Å². The molecule has 0 aliphatic rings. The lowest BCUT2D eigenvalue weighted by atomic mass is 9.76. The fourth-order valence-electron chi connectivity index (χ4n) is 1.08. The summed E-state index contributed by atoms with van der Waals surface area (Å²) in [4.78, 5) is 4.97. The van der Waals surface area contributed by atoms with Crippen LogP contribution in [0.2, 0.25) is 0 Å². The van der Waals surface area contributed by atoms with Gasteiger partial charge in [0.15, 0.2) is 0 Å². The summed E-state index contributed by atoms with van der Waals surface area (Å²) in [5.41, 5.74) is 1.41. The molecule has 0 atom stereocenters. The van der Waals surface area contributed by atoms with Gasteiger partial charge in [-0.3, -0.25) is 4.99 Å². The lowest BCUT2D eigenvalue weighted by Gasteiger charge is -2.37. The molecule has 94 valence electrons. The standard InChI is InChI=1S/C15H29N/c1-10-11-12(13(2,3)4)16-15(8,9)14(5,6)7/h10-11H,1-9H3/b11-10-,16-12?. The first-order valence-electron chi connectivity index (χ1n) is 6.15. The Balaban J connectivity index is 5.40. The minimum absolute atomic E-state index is 0.0465. The predicted molar refractivity (Wildman–Crippen MR) is 75.2 cm³/mol. The molecule has 0 spiro atoms. The molecule has 0 aliphatic heterocycles. The topological polar surface area (TPSA) is 12.4 Å². The van der Waals surface area contributed by atoms with Crippen molar-refractivity contribution < 1.29 is 0 Å². The van der Waals surface area contributed by atoms with Crippen LogP contribution in [0.3, 0.4) is 0 Å². The molecule has 0 bridgehead atoms. The second kappa shape index (κ2) is 4.73. The summed E-state index contributed by atoms with van der Waals surface area (Å²) in [5, 5.41) is 0. The largest absolute Gasteiger partial charge is 0.283 e. The zero-order chi connectivity index (χ0) is 13.2. The van der Waals surface area contributed by atoms with Crippen molar-refractivity contribution in [2.24, 2.45) is 15.8 Å². The average Bonchev–Trinajstić information content (AvgIpc) is 1.99. The van der Waals surface area contributed by atoms with Gasteiger partial charge in [-0.05, 0) is 32.3 Å². The monoisotopic (exact) mass is 223 g/mol. The molecule has 0 aromatic heterocycles. The summed E-state index contributed by atoms with van der Waals surface area (Å²) < 4.78 is 0. The second-order valence-corrected chi connectivity index (χ2v) is 7.06. The Labute approximate surface area is 102 Å². The van der Waals surface area contributed by atoms with Gasteiger partial charge in [-0.25, -0.2) is 0 Å². The Bertz CT molecular complexity index is 280. The molecule has 0 amide bonds. The minimum Gasteiger partial charge on any atom is -0.283 e. The first-order valence-corrected chi connectivity index (χ1v) is 6.15. The van der Waals surface area contributed by atoms with E-state index in [2.05, 4.69) is 67.5 Å². The molecule has 0 fully saturated rings. The summed E-state index contributed by atoms with van der Waals surface area (Å²) in [6.07, 6.45) is 4.20. The van der Waals surface area contributed by atoms with E-state index in [9.17, 15) is 0 Å². The van der Waals surface area contributed by atoms with Crippen molar-refractivity contribution in [1.82, 2.24) is 0 Å². The van der Waals surface area contributed by atoms with Crippen LogP contribution in [0.25, 0.3) is 0 Å². The molecule has 0 unspecified atom stereocenters. The van der Waals surface area contributed by atoms with Crippen LogP contribution in [0.15, 0.2) is 17.1 Å². The number of hydrogen-bond acceptors (Lipinski definition) is 1. The van der Waals surface area contributed by atoms with Crippen LogP contribution in [-0.4, -0.2) is 11.3 Å². The van der Waals surface area contributed by atoms with Gasteiger partial charge in [0.05, 0.1) is 5.54 Å². The molecule has 0 saturated carbocycles. The van der Waals surface area contributed by atoms with Gasteiger partial charge in [0, 0.05) is 11.1 Å². The van der Waals surface area contributed by atoms with Crippen LogP contribution >= 0.6 is 0 Å². The fraction of sp³-hybridized carbons (Fsp3) is 0.800. The molecule has 0 heterocycles. The third-order valence-corrected chi connectivity index (χ3v) is 3.33. The first kappa shape index (κ1) is 15.4. The summed E-state index contributed by atoms with van der Waals surface area (Å²) in [6, 6.07) is 0. The van der Waals surface area contributed by atoms with E-state index in [1.807, 2.05) is 6.92 Å². The van der Waals surface area contributed by atoms with Gasteiger partial charge in [0.2, 0.25) is 0 Å². The summed E-state index contributed by atoms with van der Waals surface area (Å²) in [6.45, 7) is 19.8. The molecule has 0 aromatic carbocycles. The van der Waals surface area contributed by atoms with E-state index in [1.54, 1.807) is 0 Å². The summed E-state index contributed by atoms with van der Waals surface area (Å²) in [7, 11) is 0. The second-order valence-electron chi connectivity index (χ2n) is 7.06. The highest BCUT2D eigenvalue weighted by molar-refractivity contribution is 5.99. The maximum Gasteiger partial charge on any atom is 0.0603 e. The van der Waals surface area contributed by atoms with E-state index in [0.29, 0.717) is 0 Å². The third kappa shape index (κ3) is 4.11. The first-order chi connectivity index (χ1) is 6.92. The smallest absolute Gasteiger partial charge is 0.0603 e. The van der Waals surface area contributed by atoms with Crippen LogP contribution in [0.5, 0.6) is 0 Å². The maximum atomic E-state index is 4.97. The molecule has 0 N–H and O–H groups in total. The number of hydrogen-bond donors (Lipinski definition) is 0. The molecule has 0 saturated heterocycles. The average molecular weight is 223 g/mol. The van der Waals surface area contributed by atoms with Crippen molar-refractivity contribution in [2.45, 2.75) is 67.9 Å². The summed E-state index contributed by atoms with van der Waals surface area (Å²) in [5.74, 6) is 0. The Hall–Kier alpha value is -0.590. The zero-order valence-corrected chi connectivity index (χ0v) is 12.6. The SMILES string of the molecule is C/C=C\C(=NC(C)(C)C(C)(C)C)C(C)(C)C. The number of aliphatic imine (C=N–C) groups is 1. The Morgan fingerprint density at radius 1 is 0.875 bits per heavy atom. The Kier molecular flexibility index (Phi) is 4.55. The van der Waals surface area contributed by atoms with Gasteiger partial charge >= 0.3 is 0 Å². The van der Waals surface area contributed by atoms with Crippen molar-refractivity contribution >= 4 is 5.71 Å². The number of nitrogens with zero attached hydrogens (tertiary/aromatic N) is 1. The Morgan fingerprint density at radius 2 is 1.31 bits per heavy atom. The van der Waals surface area contributed by atoms with Crippen LogP contribution in [0, 0.1) is 10.8 Å². The molecule has 0 aromatic rings. The molecular weight excluding hydrogens is 194 g/mol. The zero-order valence-electron chi connectivity index (χ0n) is 12.6. The Morgan fingerprint density at radius 3 is 1.56 bits per heavy atom. The van der Waals surface area contributed by atoms with Crippen LogP contribution in [0.1, 0.15) is 62.3 Å². The molecule has 1 heteroatoms. The van der Waals surface area contributed by atoms with E-state index in [4.69, 9.17) is 4.99 Å². The number of rotatable bonds is 2. The molecule has 16 heavy (non-hydrogen) atoms. The minimum atomic E-state index is -0.0465. The number of allylic oxidation sites excluding steroid dienone is 2. The molecule has 1 nitrogen and oxygen atoms in total. The van der Waals surface area contributed by atoms with E-state index in [0.717, 1.165) is 0 Å². The maximum absolute atomic E-state index is 4.97. The van der Waals surface area contributed by atoms with Crippen LogP contribution in [0.4, 0.5) is 0 Å². The highest BCUT2D eigenvalue weighted by Gasteiger charge is 2.33. The van der Waals surface area contributed by atoms with Crippen molar-refractivity contribution in [1.29, 1.82) is 0 Å². The van der Waals surface area contributed by atoms with E-state index in [-0.39, 0.29) is 16.4 Å². The summed E-state index contributed by atoms with van der Waals surface area (Å²) >= 11 is 0. The van der Waals surface area contributed by atoms with Gasteiger partial charge in [0.1, 0.15) is 0 Å². The molecule has 0 aliphatic carbocycles. The molecule has 0 rings (SSSR count). The fourth-order valence-corrected chi connectivity index (χ4v) is 1.08. The quantitative estimate of drug-likeness (QED) is 0.592. The van der Waals surface area contributed by atoms with Crippen LogP contribution < -0.4 is 0 Å². The van der Waals surface area contributed by atoms with Crippen LogP contribution in [-0.2, 0) is 0 Å². The van der Waals surface area contributed by atoms with Gasteiger partial charge in [-0.2, -0.15) is 0 Å². The lowest BCUT2D eigenvalue weighted by molar-refractivity contribution is 0.231. The van der Waals surface area contributed by atoms with Crippen molar-refractivity contribution in [3.63, 3.8) is 0 Å². The van der Waals surface area contributed by atoms with Crippen molar-refractivity contribution in [3.05, 3.63) is 12.2 Å². The highest BCUT2D eigenvalue weighted by Crippen LogP contribution is 2.34. The highest BCUT2D eigenvalue weighted by atomic mass is 14.9. The predicted octanol–water partition coefficient (Wildman–Crippen LogP) is 4.87. The van der Waals surface area contributed by atoms with E-state index >= 15 is 0 Å². The van der Waals surface area contributed by atoms with Gasteiger partial charge in [0.25, 0.3) is 0 Å². The van der Waals surface area contributed by atoms with Crippen molar-refractivity contribution in [3.8, 4) is 0 Å². The lowest BCUT2D eigenvalue weighted by Crippen LogP contribution is -2.37. The van der Waals surface area contributed by atoms with Gasteiger partial charge in [-0.15, -0.1) is 0 Å². The molecular formula is C15H29N. The van der Waals surface area contributed by atoms with E-state index in [1.165, 1.54) is 5.71 Å².